The Morgan fingerprint density at radius 2 is 1.50 bits per heavy atom. The lowest BCUT2D eigenvalue weighted by molar-refractivity contribution is -0.144. The fourth-order valence-electron chi connectivity index (χ4n) is 2.06. The molecule has 104 valence electrons. The summed E-state index contributed by atoms with van der Waals surface area (Å²) in [7, 11) is 0. The molecule has 1 N–H and O–H groups in total. The van der Waals surface area contributed by atoms with E-state index in [-0.39, 0.29) is 11.8 Å². The molecule has 1 amide bonds. The van der Waals surface area contributed by atoms with Crippen LogP contribution in [-0.2, 0) is 9.59 Å². The van der Waals surface area contributed by atoms with Gasteiger partial charge in [-0.25, -0.2) is 0 Å². The van der Waals surface area contributed by atoms with Crippen LogP contribution in [0.15, 0.2) is 0 Å². The molecule has 1 heterocycles. The summed E-state index contributed by atoms with van der Waals surface area (Å²) < 4.78 is 0. The van der Waals surface area contributed by atoms with E-state index >= 15 is 0 Å². The molecule has 5 nitrogen and oxygen atoms in total. The third-order valence-corrected chi connectivity index (χ3v) is 3.92. The van der Waals surface area contributed by atoms with Crippen molar-refractivity contribution >= 4 is 11.9 Å². The Kier molecular flexibility index (Phi) is 5.14. The van der Waals surface area contributed by atoms with E-state index in [0.29, 0.717) is 32.1 Å². The molecule has 0 aromatic heterocycles. The number of rotatable bonds is 4. The maximum absolute atomic E-state index is 12.1. The highest BCUT2D eigenvalue weighted by atomic mass is 16.4. The van der Waals surface area contributed by atoms with Crippen LogP contribution in [0, 0.1) is 11.8 Å². The monoisotopic (exact) mass is 256 g/mol. The second-order valence-corrected chi connectivity index (χ2v) is 5.41. The average molecular weight is 256 g/mol. The minimum atomic E-state index is -0.801. The fourth-order valence-corrected chi connectivity index (χ4v) is 2.06. The Morgan fingerprint density at radius 1 is 1.00 bits per heavy atom. The molecule has 18 heavy (non-hydrogen) atoms. The number of hydrogen-bond acceptors (Lipinski definition) is 3. The lowest BCUT2D eigenvalue weighted by Gasteiger charge is -2.38. The fraction of sp³-hybridized carbons (Fsp3) is 0.846. The molecule has 1 saturated heterocycles. The quantitative estimate of drug-likeness (QED) is 0.811. The number of piperazine rings is 1. The molecule has 5 heteroatoms. The first kappa shape index (κ1) is 15.0. The zero-order valence-corrected chi connectivity index (χ0v) is 11.7. The van der Waals surface area contributed by atoms with Gasteiger partial charge >= 0.3 is 5.97 Å². The largest absolute Gasteiger partial charge is 0.480 e. The van der Waals surface area contributed by atoms with Crippen LogP contribution in [0.4, 0.5) is 0 Å². The van der Waals surface area contributed by atoms with E-state index in [4.69, 9.17) is 5.11 Å². The Labute approximate surface area is 109 Å². The molecular formula is C13H24N2O3. The van der Waals surface area contributed by atoms with E-state index in [1.807, 2.05) is 30.6 Å². The third kappa shape index (κ3) is 3.45. The summed E-state index contributed by atoms with van der Waals surface area (Å²) in [6.45, 7) is 10.3. The first-order valence-electron chi connectivity index (χ1n) is 6.60. The second kappa shape index (κ2) is 6.18. The van der Waals surface area contributed by atoms with Gasteiger partial charge in [-0.05, 0) is 12.8 Å². The van der Waals surface area contributed by atoms with Crippen molar-refractivity contribution in [1.29, 1.82) is 0 Å². The summed E-state index contributed by atoms with van der Waals surface area (Å²) in [6, 6.07) is -0.468. The number of hydrogen-bond donors (Lipinski definition) is 1. The van der Waals surface area contributed by atoms with Gasteiger partial charge in [0.2, 0.25) is 5.91 Å². The maximum Gasteiger partial charge on any atom is 0.320 e. The first-order valence-corrected chi connectivity index (χ1v) is 6.60. The van der Waals surface area contributed by atoms with Gasteiger partial charge in [0.15, 0.2) is 0 Å². The lowest BCUT2D eigenvalue weighted by Crippen LogP contribution is -2.54. The van der Waals surface area contributed by atoms with E-state index in [0.717, 1.165) is 0 Å². The van der Waals surface area contributed by atoms with E-state index in [1.165, 1.54) is 0 Å². The van der Waals surface area contributed by atoms with Crippen LogP contribution in [0.2, 0.25) is 0 Å². The third-order valence-electron chi connectivity index (χ3n) is 3.92. The van der Waals surface area contributed by atoms with E-state index in [2.05, 4.69) is 0 Å². The molecule has 0 bridgehead atoms. The maximum atomic E-state index is 12.1. The Balaban J connectivity index is 2.49. The molecule has 1 rings (SSSR count). The van der Waals surface area contributed by atoms with Gasteiger partial charge in [-0.15, -0.1) is 0 Å². The number of carboxylic acid groups (broad SMARTS) is 1. The number of carbonyl (C=O) groups is 2. The Bertz CT molecular complexity index is 309. The standard InChI is InChI=1S/C13H24N2O3/c1-9(2)10(3)12(16)15-7-5-14(6-8-15)11(4)13(17)18/h9-11H,5-8H2,1-4H3,(H,17,18). The van der Waals surface area contributed by atoms with Gasteiger partial charge in [-0.3, -0.25) is 14.5 Å². The summed E-state index contributed by atoms with van der Waals surface area (Å²) in [5.74, 6) is -0.236. The van der Waals surface area contributed by atoms with Crippen molar-refractivity contribution in [2.24, 2.45) is 11.8 Å². The zero-order chi connectivity index (χ0) is 13.9. The number of amides is 1. The SMILES string of the molecule is CC(C)C(C)C(=O)N1CCN(C(C)C(=O)O)CC1. The molecule has 2 atom stereocenters. The van der Waals surface area contributed by atoms with Gasteiger partial charge in [0.25, 0.3) is 0 Å². The molecule has 0 radical (unpaired) electrons. The summed E-state index contributed by atoms with van der Waals surface area (Å²) >= 11 is 0. The molecule has 2 unspecified atom stereocenters. The molecule has 0 saturated carbocycles. The molecule has 1 fully saturated rings. The Hall–Kier alpha value is -1.10. The lowest BCUT2D eigenvalue weighted by atomic mass is 9.96. The van der Waals surface area contributed by atoms with Crippen molar-refractivity contribution in [3.8, 4) is 0 Å². The predicted octanol–water partition coefficient (Wildman–Crippen LogP) is 0.896. The van der Waals surface area contributed by atoms with Gasteiger partial charge in [0, 0.05) is 32.1 Å². The molecule has 0 spiro atoms. The Morgan fingerprint density at radius 3 is 1.89 bits per heavy atom. The van der Waals surface area contributed by atoms with Crippen LogP contribution < -0.4 is 0 Å². The molecule has 0 aromatic carbocycles. The molecule has 0 aromatic rings. The molecule has 1 aliphatic rings. The highest BCUT2D eigenvalue weighted by Crippen LogP contribution is 2.15. The van der Waals surface area contributed by atoms with Gasteiger partial charge in [-0.2, -0.15) is 0 Å². The molecular weight excluding hydrogens is 232 g/mol. The minimum absolute atomic E-state index is 0.0356. The van der Waals surface area contributed by atoms with Gasteiger partial charge in [-0.1, -0.05) is 20.8 Å². The van der Waals surface area contributed by atoms with Gasteiger partial charge in [0.1, 0.15) is 6.04 Å². The minimum Gasteiger partial charge on any atom is -0.480 e. The van der Waals surface area contributed by atoms with Crippen LogP contribution >= 0.6 is 0 Å². The summed E-state index contributed by atoms with van der Waals surface area (Å²) in [5, 5.41) is 8.95. The van der Waals surface area contributed by atoms with Crippen molar-refractivity contribution in [2.45, 2.75) is 33.7 Å². The van der Waals surface area contributed by atoms with Crippen LogP contribution in [0.25, 0.3) is 0 Å². The van der Waals surface area contributed by atoms with Crippen molar-refractivity contribution in [2.75, 3.05) is 26.2 Å². The number of aliphatic carboxylic acids is 1. The predicted molar refractivity (Wildman–Crippen MR) is 69.3 cm³/mol. The van der Waals surface area contributed by atoms with Crippen molar-refractivity contribution in [3.05, 3.63) is 0 Å². The van der Waals surface area contributed by atoms with E-state index in [9.17, 15) is 9.59 Å². The number of nitrogens with zero attached hydrogens (tertiary/aromatic N) is 2. The summed E-state index contributed by atoms with van der Waals surface area (Å²) in [4.78, 5) is 26.8. The number of carbonyl (C=O) groups excluding carboxylic acids is 1. The smallest absolute Gasteiger partial charge is 0.320 e. The van der Waals surface area contributed by atoms with Crippen LogP contribution in [0.5, 0.6) is 0 Å². The van der Waals surface area contributed by atoms with Gasteiger partial charge in [0.05, 0.1) is 0 Å². The van der Waals surface area contributed by atoms with Crippen molar-refractivity contribution in [1.82, 2.24) is 9.80 Å². The van der Waals surface area contributed by atoms with Gasteiger partial charge < -0.3 is 10.0 Å². The topological polar surface area (TPSA) is 60.9 Å². The first-order chi connectivity index (χ1) is 8.34. The molecule has 0 aliphatic carbocycles. The van der Waals surface area contributed by atoms with E-state index < -0.39 is 12.0 Å². The summed E-state index contributed by atoms with van der Waals surface area (Å²) in [5.41, 5.74) is 0. The van der Waals surface area contributed by atoms with Crippen LogP contribution in [0.3, 0.4) is 0 Å². The highest BCUT2D eigenvalue weighted by Gasteiger charge is 2.29. The second-order valence-electron chi connectivity index (χ2n) is 5.41. The van der Waals surface area contributed by atoms with E-state index in [1.54, 1.807) is 6.92 Å². The number of carboxylic acids is 1. The summed E-state index contributed by atoms with van der Waals surface area (Å²) in [6.07, 6.45) is 0. The van der Waals surface area contributed by atoms with Crippen molar-refractivity contribution < 1.29 is 14.7 Å². The highest BCUT2D eigenvalue weighted by molar-refractivity contribution is 5.79. The average Bonchev–Trinajstić information content (AvgIpc) is 2.36. The molecule has 1 aliphatic heterocycles. The van der Waals surface area contributed by atoms with Crippen molar-refractivity contribution in [3.63, 3.8) is 0 Å². The van der Waals surface area contributed by atoms with Crippen LogP contribution in [-0.4, -0.2) is 59.0 Å². The zero-order valence-electron chi connectivity index (χ0n) is 11.7. The normalized spacial score (nSPS) is 20.8. The van der Waals surface area contributed by atoms with Crippen LogP contribution in [0.1, 0.15) is 27.7 Å².